The Bertz CT molecular complexity index is 463. The zero-order valence-corrected chi connectivity index (χ0v) is 13.4. The molecule has 0 aliphatic rings. The lowest BCUT2D eigenvalue weighted by atomic mass is 10.1. The zero-order valence-electron chi connectivity index (χ0n) is 13.4. The van der Waals surface area contributed by atoms with E-state index in [1.165, 1.54) is 0 Å². The van der Waals surface area contributed by atoms with Crippen LogP contribution in [0, 0.1) is 0 Å². The summed E-state index contributed by atoms with van der Waals surface area (Å²) in [5.74, 6) is 0.732. The second-order valence-electron chi connectivity index (χ2n) is 5.89. The van der Waals surface area contributed by atoms with Gasteiger partial charge in [0.1, 0.15) is 0 Å². The van der Waals surface area contributed by atoms with Crippen LogP contribution >= 0.6 is 0 Å². The summed E-state index contributed by atoms with van der Waals surface area (Å²) in [7, 11) is 1.72. The highest BCUT2D eigenvalue weighted by Crippen LogP contribution is 1.98. The minimum absolute atomic E-state index is 0.0255. The molecule has 1 aromatic carbocycles. The summed E-state index contributed by atoms with van der Waals surface area (Å²) in [6, 6.07) is 9.88. The molecular formula is C16H26N4O. The Morgan fingerprint density at radius 1 is 1.14 bits per heavy atom. The van der Waals surface area contributed by atoms with Gasteiger partial charge in [0.25, 0.3) is 0 Å². The molecule has 1 aromatic rings. The van der Waals surface area contributed by atoms with E-state index in [2.05, 4.69) is 41.7 Å². The van der Waals surface area contributed by atoms with E-state index in [0.29, 0.717) is 25.5 Å². The molecule has 0 aliphatic carbocycles. The Labute approximate surface area is 127 Å². The van der Waals surface area contributed by atoms with Crippen molar-refractivity contribution >= 4 is 11.9 Å². The fourth-order valence-electron chi connectivity index (χ4n) is 1.71. The van der Waals surface area contributed by atoms with Crippen molar-refractivity contribution in [3.63, 3.8) is 0 Å². The van der Waals surface area contributed by atoms with E-state index in [-0.39, 0.29) is 11.4 Å². The monoisotopic (exact) mass is 290 g/mol. The van der Waals surface area contributed by atoms with Gasteiger partial charge in [-0.25, -0.2) is 0 Å². The third-order valence-electron chi connectivity index (χ3n) is 2.69. The van der Waals surface area contributed by atoms with Gasteiger partial charge in [-0.1, -0.05) is 30.3 Å². The van der Waals surface area contributed by atoms with Gasteiger partial charge >= 0.3 is 0 Å². The SMILES string of the molecule is CN=C(NCCC(=O)NCc1ccccc1)NC(C)(C)C. The molecule has 0 atom stereocenters. The summed E-state index contributed by atoms with van der Waals surface area (Å²) in [5.41, 5.74) is 1.04. The molecular weight excluding hydrogens is 264 g/mol. The molecule has 0 fully saturated rings. The number of rotatable bonds is 5. The standard InChI is InChI=1S/C16H26N4O/c1-16(2,3)20-15(17-4)18-11-10-14(21)19-12-13-8-6-5-7-9-13/h5-9H,10-12H2,1-4H3,(H,19,21)(H2,17,18,20). The average Bonchev–Trinajstić information content (AvgIpc) is 2.44. The topological polar surface area (TPSA) is 65.5 Å². The molecule has 1 amide bonds. The van der Waals surface area contributed by atoms with Gasteiger partial charge in [0.2, 0.25) is 5.91 Å². The van der Waals surface area contributed by atoms with E-state index in [0.717, 1.165) is 5.56 Å². The van der Waals surface area contributed by atoms with Crippen molar-refractivity contribution in [1.29, 1.82) is 0 Å². The van der Waals surface area contributed by atoms with Crippen LogP contribution in [0.4, 0.5) is 0 Å². The molecule has 3 N–H and O–H groups in total. The Balaban J connectivity index is 2.24. The van der Waals surface area contributed by atoms with E-state index >= 15 is 0 Å². The number of carbonyl (C=O) groups is 1. The van der Waals surface area contributed by atoms with E-state index < -0.39 is 0 Å². The maximum absolute atomic E-state index is 11.8. The fourth-order valence-corrected chi connectivity index (χ4v) is 1.71. The number of guanidine groups is 1. The molecule has 0 saturated heterocycles. The third-order valence-corrected chi connectivity index (χ3v) is 2.69. The molecule has 0 heterocycles. The van der Waals surface area contributed by atoms with Crippen LogP contribution in [0.2, 0.25) is 0 Å². The largest absolute Gasteiger partial charge is 0.356 e. The minimum atomic E-state index is -0.0581. The van der Waals surface area contributed by atoms with Crippen molar-refractivity contribution in [3.8, 4) is 0 Å². The van der Waals surface area contributed by atoms with Gasteiger partial charge in [-0.3, -0.25) is 9.79 Å². The molecule has 21 heavy (non-hydrogen) atoms. The van der Waals surface area contributed by atoms with E-state index in [1.807, 2.05) is 30.3 Å². The normalized spacial score (nSPS) is 11.9. The molecule has 0 unspecified atom stereocenters. The number of benzene rings is 1. The molecule has 5 nitrogen and oxygen atoms in total. The summed E-state index contributed by atoms with van der Waals surface area (Å²) < 4.78 is 0. The highest BCUT2D eigenvalue weighted by Gasteiger charge is 2.11. The molecule has 0 aliphatic heterocycles. The maximum Gasteiger partial charge on any atom is 0.222 e. The lowest BCUT2D eigenvalue weighted by Gasteiger charge is -2.23. The molecule has 0 spiro atoms. The molecule has 1 rings (SSSR count). The van der Waals surface area contributed by atoms with Crippen molar-refractivity contribution in [2.24, 2.45) is 4.99 Å². The van der Waals surface area contributed by atoms with Crippen molar-refractivity contribution in [3.05, 3.63) is 35.9 Å². The van der Waals surface area contributed by atoms with Gasteiger partial charge < -0.3 is 16.0 Å². The number of hydrogen-bond acceptors (Lipinski definition) is 2. The quantitative estimate of drug-likeness (QED) is 0.571. The predicted octanol–water partition coefficient (Wildman–Crippen LogP) is 1.66. The number of carbonyl (C=O) groups excluding carboxylic acids is 1. The van der Waals surface area contributed by atoms with Crippen molar-refractivity contribution < 1.29 is 4.79 Å². The Hall–Kier alpha value is -2.04. The molecule has 0 aromatic heterocycles. The third kappa shape index (κ3) is 7.97. The first-order valence-electron chi connectivity index (χ1n) is 7.20. The number of hydrogen-bond donors (Lipinski definition) is 3. The number of amides is 1. The first-order chi connectivity index (χ1) is 9.90. The van der Waals surface area contributed by atoms with Crippen LogP contribution in [0.25, 0.3) is 0 Å². The number of nitrogens with one attached hydrogen (secondary N) is 3. The lowest BCUT2D eigenvalue weighted by molar-refractivity contribution is -0.121. The van der Waals surface area contributed by atoms with Gasteiger partial charge in [0.05, 0.1) is 0 Å². The van der Waals surface area contributed by atoms with Crippen LogP contribution in [0.5, 0.6) is 0 Å². The second kappa shape index (κ2) is 8.29. The number of nitrogens with zero attached hydrogens (tertiary/aromatic N) is 1. The Kier molecular flexibility index (Phi) is 6.72. The number of aliphatic imine (C=N–C) groups is 1. The predicted molar refractivity (Wildman–Crippen MR) is 87.2 cm³/mol. The van der Waals surface area contributed by atoms with E-state index in [9.17, 15) is 4.79 Å². The summed E-state index contributed by atoms with van der Waals surface area (Å²) in [6.45, 7) is 7.30. The van der Waals surface area contributed by atoms with Crippen LogP contribution < -0.4 is 16.0 Å². The van der Waals surface area contributed by atoms with Crippen LogP contribution in [-0.4, -0.2) is 31.0 Å². The summed E-state index contributed by atoms with van der Waals surface area (Å²) in [4.78, 5) is 15.9. The zero-order chi connectivity index (χ0) is 15.7. The highest BCUT2D eigenvalue weighted by atomic mass is 16.1. The van der Waals surface area contributed by atoms with Gasteiger partial charge in [0.15, 0.2) is 5.96 Å². The highest BCUT2D eigenvalue weighted by molar-refractivity contribution is 5.81. The average molecular weight is 290 g/mol. The van der Waals surface area contributed by atoms with Gasteiger partial charge in [-0.15, -0.1) is 0 Å². The molecule has 116 valence electrons. The first-order valence-corrected chi connectivity index (χ1v) is 7.20. The van der Waals surface area contributed by atoms with E-state index in [1.54, 1.807) is 7.05 Å². The summed E-state index contributed by atoms with van der Waals surface area (Å²) in [5, 5.41) is 9.28. The first kappa shape index (κ1) is 17.0. The summed E-state index contributed by atoms with van der Waals surface area (Å²) >= 11 is 0. The van der Waals surface area contributed by atoms with Crippen LogP contribution in [-0.2, 0) is 11.3 Å². The van der Waals surface area contributed by atoms with Gasteiger partial charge in [0, 0.05) is 32.1 Å². The fraction of sp³-hybridized carbons (Fsp3) is 0.500. The molecule has 0 radical (unpaired) electrons. The lowest BCUT2D eigenvalue weighted by Crippen LogP contribution is -2.48. The van der Waals surface area contributed by atoms with Crippen molar-refractivity contribution in [1.82, 2.24) is 16.0 Å². The van der Waals surface area contributed by atoms with E-state index in [4.69, 9.17) is 0 Å². The van der Waals surface area contributed by atoms with Crippen molar-refractivity contribution in [2.45, 2.75) is 39.3 Å². The van der Waals surface area contributed by atoms with Gasteiger partial charge in [-0.2, -0.15) is 0 Å². The maximum atomic E-state index is 11.8. The minimum Gasteiger partial charge on any atom is -0.356 e. The van der Waals surface area contributed by atoms with Crippen molar-refractivity contribution in [2.75, 3.05) is 13.6 Å². The smallest absolute Gasteiger partial charge is 0.222 e. The summed E-state index contributed by atoms with van der Waals surface area (Å²) in [6.07, 6.45) is 0.414. The Morgan fingerprint density at radius 3 is 2.38 bits per heavy atom. The molecule has 0 saturated carbocycles. The second-order valence-corrected chi connectivity index (χ2v) is 5.89. The van der Waals surface area contributed by atoms with Crippen LogP contribution in [0.3, 0.4) is 0 Å². The van der Waals surface area contributed by atoms with Gasteiger partial charge in [-0.05, 0) is 26.3 Å². The van der Waals surface area contributed by atoms with Crippen LogP contribution in [0.1, 0.15) is 32.8 Å². The Morgan fingerprint density at radius 2 is 1.81 bits per heavy atom. The molecule has 0 bridgehead atoms. The molecule has 5 heteroatoms. The van der Waals surface area contributed by atoms with Crippen LogP contribution in [0.15, 0.2) is 35.3 Å².